The van der Waals surface area contributed by atoms with Gasteiger partial charge in [0.05, 0.1) is 13.2 Å². The first-order valence-corrected chi connectivity index (χ1v) is 6.55. The smallest absolute Gasteiger partial charge is 0.119 e. The second-order valence-corrected chi connectivity index (χ2v) is 4.94. The van der Waals surface area contributed by atoms with Crippen LogP contribution in [-0.4, -0.2) is 12.2 Å². The van der Waals surface area contributed by atoms with Gasteiger partial charge in [0.25, 0.3) is 0 Å². The zero-order valence-electron chi connectivity index (χ0n) is 10.1. The van der Waals surface area contributed by atoms with E-state index < -0.39 is 6.10 Å². The number of aliphatic hydroxyl groups excluding tert-OH is 1. The van der Waals surface area contributed by atoms with E-state index >= 15 is 0 Å². The Morgan fingerprint density at radius 3 is 2.67 bits per heavy atom. The highest BCUT2D eigenvalue weighted by molar-refractivity contribution is 9.10. The topological polar surface area (TPSA) is 29.5 Å². The van der Waals surface area contributed by atoms with Gasteiger partial charge in [-0.2, -0.15) is 0 Å². The summed E-state index contributed by atoms with van der Waals surface area (Å²) in [6, 6.07) is 15.4. The first-order chi connectivity index (χ1) is 8.70. The van der Waals surface area contributed by atoms with Gasteiger partial charge < -0.3 is 9.84 Å². The monoisotopic (exact) mass is 306 g/mol. The molecule has 0 saturated carbocycles. The van der Waals surface area contributed by atoms with Crippen LogP contribution in [0.5, 0.6) is 5.75 Å². The van der Waals surface area contributed by atoms with E-state index in [2.05, 4.69) is 15.9 Å². The molecule has 2 aromatic carbocycles. The molecule has 0 aliphatic rings. The minimum atomic E-state index is -0.529. The third kappa shape index (κ3) is 3.12. The maximum Gasteiger partial charge on any atom is 0.119 e. The fraction of sp³-hybridized carbons (Fsp3) is 0.200. The Hall–Kier alpha value is -1.32. The normalized spacial score (nSPS) is 12.2. The summed E-state index contributed by atoms with van der Waals surface area (Å²) in [6.07, 6.45) is 0.0491. The van der Waals surface area contributed by atoms with Crippen LogP contribution in [-0.2, 0) is 6.42 Å². The summed E-state index contributed by atoms with van der Waals surface area (Å²) in [4.78, 5) is 0. The lowest BCUT2D eigenvalue weighted by molar-refractivity contribution is 0.178. The number of benzene rings is 2. The fourth-order valence-corrected chi connectivity index (χ4v) is 2.29. The molecule has 1 unspecified atom stereocenters. The number of halogens is 1. The van der Waals surface area contributed by atoms with Crippen LogP contribution in [0.25, 0.3) is 0 Å². The molecule has 3 heteroatoms. The molecular formula is C15H15BrO2. The number of hydrogen-bond acceptors (Lipinski definition) is 2. The Labute approximate surface area is 115 Å². The molecule has 0 saturated heterocycles. The standard InChI is InChI=1S/C15H15BrO2/c1-18-13-7-4-6-12(9-13)15(17)10-11-5-2-3-8-14(11)16/h2-9,15,17H,10H2,1H3. The van der Waals surface area contributed by atoms with Crippen LogP contribution in [0.4, 0.5) is 0 Å². The van der Waals surface area contributed by atoms with E-state index in [1.165, 1.54) is 0 Å². The molecule has 0 amide bonds. The van der Waals surface area contributed by atoms with Gasteiger partial charge in [-0.3, -0.25) is 0 Å². The van der Waals surface area contributed by atoms with Crippen molar-refractivity contribution in [3.8, 4) is 5.75 Å². The molecule has 2 nitrogen and oxygen atoms in total. The zero-order chi connectivity index (χ0) is 13.0. The molecule has 0 aromatic heterocycles. The Bertz CT molecular complexity index is 525. The molecule has 0 aliphatic carbocycles. The third-order valence-electron chi connectivity index (χ3n) is 2.85. The minimum Gasteiger partial charge on any atom is -0.497 e. The Morgan fingerprint density at radius 2 is 1.94 bits per heavy atom. The summed E-state index contributed by atoms with van der Waals surface area (Å²) in [7, 11) is 1.62. The van der Waals surface area contributed by atoms with Gasteiger partial charge in [0.1, 0.15) is 5.75 Å². The van der Waals surface area contributed by atoms with Crippen LogP contribution in [0, 0.1) is 0 Å². The van der Waals surface area contributed by atoms with Crippen molar-refractivity contribution in [2.45, 2.75) is 12.5 Å². The molecule has 2 aromatic rings. The highest BCUT2D eigenvalue weighted by atomic mass is 79.9. The highest BCUT2D eigenvalue weighted by Gasteiger charge is 2.11. The van der Waals surface area contributed by atoms with E-state index in [0.29, 0.717) is 6.42 Å². The van der Waals surface area contributed by atoms with Gasteiger partial charge in [-0.25, -0.2) is 0 Å². The van der Waals surface area contributed by atoms with Crippen LogP contribution in [0.1, 0.15) is 17.2 Å². The molecule has 0 fully saturated rings. The van der Waals surface area contributed by atoms with Crippen molar-refractivity contribution in [1.29, 1.82) is 0 Å². The maximum atomic E-state index is 10.2. The van der Waals surface area contributed by atoms with Crippen molar-refractivity contribution in [2.75, 3.05) is 7.11 Å². The van der Waals surface area contributed by atoms with E-state index in [4.69, 9.17) is 4.74 Å². The second kappa shape index (κ2) is 6.03. The molecule has 0 radical (unpaired) electrons. The van der Waals surface area contributed by atoms with Crippen LogP contribution in [0.3, 0.4) is 0 Å². The number of hydrogen-bond donors (Lipinski definition) is 1. The number of aliphatic hydroxyl groups is 1. The Morgan fingerprint density at radius 1 is 1.17 bits per heavy atom. The summed E-state index contributed by atoms with van der Waals surface area (Å²) in [5.41, 5.74) is 1.96. The second-order valence-electron chi connectivity index (χ2n) is 4.09. The van der Waals surface area contributed by atoms with E-state index in [-0.39, 0.29) is 0 Å². The van der Waals surface area contributed by atoms with Gasteiger partial charge in [0.2, 0.25) is 0 Å². The van der Waals surface area contributed by atoms with Crippen molar-refractivity contribution in [2.24, 2.45) is 0 Å². The van der Waals surface area contributed by atoms with Gasteiger partial charge >= 0.3 is 0 Å². The molecule has 0 spiro atoms. The van der Waals surface area contributed by atoms with Gasteiger partial charge in [-0.1, -0.05) is 46.3 Å². The first kappa shape index (κ1) is 13.1. The zero-order valence-corrected chi connectivity index (χ0v) is 11.7. The molecule has 0 bridgehead atoms. The van der Waals surface area contributed by atoms with Gasteiger partial charge in [0.15, 0.2) is 0 Å². The van der Waals surface area contributed by atoms with E-state index in [1.807, 2.05) is 48.5 Å². The molecule has 0 heterocycles. The van der Waals surface area contributed by atoms with Crippen molar-refractivity contribution in [3.63, 3.8) is 0 Å². The third-order valence-corrected chi connectivity index (χ3v) is 3.62. The van der Waals surface area contributed by atoms with Crippen LogP contribution in [0.2, 0.25) is 0 Å². The Balaban J connectivity index is 2.16. The lowest BCUT2D eigenvalue weighted by atomic mass is 10.0. The quantitative estimate of drug-likeness (QED) is 0.932. The molecule has 1 atom stereocenters. The van der Waals surface area contributed by atoms with E-state index in [9.17, 15) is 5.11 Å². The molecule has 2 rings (SSSR count). The first-order valence-electron chi connectivity index (χ1n) is 5.76. The average molecular weight is 307 g/mol. The summed E-state index contributed by atoms with van der Waals surface area (Å²) < 4.78 is 6.18. The largest absolute Gasteiger partial charge is 0.497 e. The number of ether oxygens (including phenoxy) is 1. The SMILES string of the molecule is COc1cccc(C(O)Cc2ccccc2Br)c1. The van der Waals surface area contributed by atoms with Crippen molar-refractivity contribution >= 4 is 15.9 Å². The summed E-state index contributed by atoms with van der Waals surface area (Å²) >= 11 is 3.49. The van der Waals surface area contributed by atoms with Crippen molar-refractivity contribution < 1.29 is 9.84 Å². The van der Waals surface area contributed by atoms with Gasteiger partial charge in [-0.15, -0.1) is 0 Å². The van der Waals surface area contributed by atoms with E-state index in [1.54, 1.807) is 7.11 Å². The van der Waals surface area contributed by atoms with Crippen LogP contribution >= 0.6 is 15.9 Å². The average Bonchev–Trinajstić information content (AvgIpc) is 2.41. The van der Waals surface area contributed by atoms with E-state index in [0.717, 1.165) is 21.3 Å². The van der Waals surface area contributed by atoms with Gasteiger partial charge in [0, 0.05) is 10.9 Å². The summed E-state index contributed by atoms with van der Waals surface area (Å²) in [5, 5.41) is 10.2. The highest BCUT2D eigenvalue weighted by Crippen LogP contribution is 2.25. The summed E-state index contributed by atoms with van der Waals surface area (Å²) in [5.74, 6) is 0.763. The molecule has 94 valence electrons. The van der Waals surface area contributed by atoms with Crippen molar-refractivity contribution in [3.05, 3.63) is 64.1 Å². The lowest BCUT2D eigenvalue weighted by Gasteiger charge is -2.13. The molecule has 0 aliphatic heterocycles. The molecule has 1 N–H and O–H groups in total. The van der Waals surface area contributed by atoms with Gasteiger partial charge in [-0.05, 0) is 29.3 Å². The van der Waals surface area contributed by atoms with Crippen LogP contribution < -0.4 is 4.74 Å². The fourth-order valence-electron chi connectivity index (χ4n) is 1.84. The maximum absolute atomic E-state index is 10.2. The minimum absolute atomic E-state index is 0.529. The number of rotatable bonds is 4. The number of methoxy groups -OCH3 is 1. The summed E-state index contributed by atoms with van der Waals surface area (Å²) in [6.45, 7) is 0. The Kier molecular flexibility index (Phi) is 4.39. The van der Waals surface area contributed by atoms with Crippen molar-refractivity contribution in [1.82, 2.24) is 0 Å². The predicted molar refractivity (Wildman–Crippen MR) is 75.8 cm³/mol. The predicted octanol–water partition coefficient (Wildman–Crippen LogP) is 3.73. The molecule has 18 heavy (non-hydrogen) atoms. The molecular weight excluding hydrogens is 292 g/mol. The van der Waals surface area contributed by atoms with Crippen LogP contribution in [0.15, 0.2) is 53.0 Å². The lowest BCUT2D eigenvalue weighted by Crippen LogP contribution is -2.02.